The van der Waals surface area contributed by atoms with Crippen molar-refractivity contribution < 1.29 is 9.59 Å². The summed E-state index contributed by atoms with van der Waals surface area (Å²) in [6.45, 7) is 0. The minimum atomic E-state index is -0.937. The Morgan fingerprint density at radius 2 is 1.80 bits per heavy atom. The SMILES string of the molecule is NC(=O)CC(N)C(=O)Nc1ccc2cc(Br)ccc2c1. The Morgan fingerprint density at radius 1 is 1.15 bits per heavy atom. The minimum absolute atomic E-state index is 0.174. The quantitative estimate of drug-likeness (QED) is 0.793. The summed E-state index contributed by atoms with van der Waals surface area (Å²) in [6.07, 6.45) is -0.174. The molecule has 2 aromatic carbocycles. The van der Waals surface area contributed by atoms with Crippen molar-refractivity contribution >= 4 is 44.2 Å². The lowest BCUT2D eigenvalue weighted by Crippen LogP contribution is -2.38. The Morgan fingerprint density at radius 3 is 2.50 bits per heavy atom. The lowest BCUT2D eigenvalue weighted by atomic mass is 10.1. The van der Waals surface area contributed by atoms with Crippen molar-refractivity contribution in [1.82, 2.24) is 0 Å². The molecule has 2 aromatic rings. The van der Waals surface area contributed by atoms with Gasteiger partial charge in [-0.25, -0.2) is 0 Å². The highest BCUT2D eigenvalue weighted by Gasteiger charge is 2.16. The maximum atomic E-state index is 11.8. The van der Waals surface area contributed by atoms with Crippen molar-refractivity contribution in [3.63, 3.8) is 0 Å². The number of hydrogen-bond acceptors (Lipinski definition) is 3. The van der Waals surface area contributed by atoms with Crippen LogP contribution in [0.15, 0.2) is 40.9 Å². The number of amides is 2. The second-order valence-corrected chi connectivity index (χ2v) is 5.39. The fourth-order valence-corrected chi connectivity index (χ4v) is 2.22. The van der Waals surface area contributed by atoms with Gasteiger partial charge in [0.25, 0.3) is 0 Å². The Kier molecular flexibility index (Phi) is 4.36. The first-order valence-electron chi connectivity index (χ1n) is 6.00. The summed E-state index contributed by atoms with van der Waals surface area (Å²) in [5.74, 6) is -1.03. The highest BCUT2D eigenvalue weighted by Crippen LogP contribution is 2.23. The topological polar surface area (TPSA) is 98.2 Å². The molecule has 5 N–H and O–H groups in total. The van der Waals surface area contributed by atoms with E-state index in [2.05, 4.69) is 21.2 Å². The standard InChI is InChI=1S/C14H14BrN3O2/c15-10-3-1-9-6-11(4-2-8(9)5-10)18-14(20)12(16)7-13(17)19/h1-6,12H,7,16H2,(H2,17,19)(H,18,20). The van der Waals surface area contributed by atoms with Crippen LogP contribution in [0.2, 0.25) is 0 Å². The molecule has 20 heavy (non-hydrogen) atoms. The molecule has 0 aliphatic rings. The predicted molar refractivity (Wildman–Crippen MR) is 82.1 cm³/mol. The summed E-state index contributed by atoms with van der Waals surface area (Å²) in [5, 5.41) is 4.72. The normalized spacial score (nSPS) is 12.1. The lowest BCUT2D eigenvalue weighted by molar-refractivity contribution is -0.123. The van der Waals surface area contributed by atoms with E-state index in [0.717, 1.165) is 15.2 Å². The van der Waals surface area contributed by atoms with Gasteiger partial charge in [0.1, 0.15) is 0 Å². The monoisotopic (exact) mass is 335 g/mol. The molecule has 0 heterocycles. The second kappa shape index (κ2) is 6.02. The molecule has 1 unspecified atom stereocenters. The van der Waals surface area contributed by atoms with Gasteiger partial charge in [-0.1, -0.05) is 28.1 Å². The summed E-state index contributed by atoms with van der Waals surface area (Å²) in [6, 6.07) is 10.4. The molecular weight excluding hydrogens is 322 g/mol. The van der Waals surface area contributed by atoms with E-state index in [1.807, 2.05) is 30.3 Å². The summed E-state index contributed by atoms with van der Waals surface area (Å²) in [5.41, 5.74) is 11.2. The highest BCUT2D eigenvalue weighted by molar-refractivity contribution is 9.10. The summed E-state index contributed by atoms with van der Waals surface area (Å²) in [4.78, 5) is 22.5. The van der Waals surface area contributed by atoms with Gasteiger partial charge in [0.2, 0.25) is 11.8 Å². The molecule has 0 aliphatic heterocycles. The zero-order valence-electron chi connectivity index (χ0n) is 10.6. The van der Waals surface area contributed by atoms with Crippen molar-refractivity contribution in [3.8, 4) is 0 Å². The van der Waals surface area contributed by atoms with Crippen LogP contribution >= 0.6 is 15.9 Å². The molecule has 6 heteroatoms. The summed E-state index contributed by atoms with van der Waals surface area (Å²) >= 11 is 3.40. The molecule has 0 bridgehead atoms. The average molecular weight is 336 g/mol. The van der Waals surface area contributed by atoms with E-state index in [1.165, 1.54) is 0 Å². The molecule has 104 valence electrons. The third-order valence-electron chi connectivity index (χ3n) is 2.83. The Balaban J connectivity index is 2.15. The zero-order chi connectivity index (χ0) is 14.7. The van der Waals surface area contributed by atoms with Gasteiger partial charge in [-0.15, -0.1) is 0 Å². The third kappa shape index (κ3) is 3.55. The molecule has 0 aliphatic carbocycles. The van der Waals surface area contributed by atoms with Crippen molar-refractivity contribution in [2.75, 3.05) is 5.32 Å². The molecule has 0 aromatic heterocycles. The van der Waals surface area contributed by atoms with Gasteiger partial charge in [0, 0.05) is 10.2 Å². The molecule has 0 saturated carbocycles. The summed E-state index contributed by atoms with van der Waals surface area (Å²) < 4.78 is 0.991. The number of anilines is 1. The number of fused-ring (bicyclic) bond motifs is 1. The molecule has 5 nitrogen and oxygen atoms in total. The minimum Gasteiger partial charge on any atom is -0.370 e. The van der Waals surface area contributed by atoms with E-state index in [0.29, 0.717) is 5.69 Å². The first-order chi connectivity index (χ1) is 9.45. The molecular formula is C14H14BrN3O2. The van der Waals surface area contributed by atoms with E-state index in [9.17, 15) is 9.59 Å². The summed E-state index contributed by atoms with van der Waals surface area (Å²) in [7, 11) is 0. The van der Waals surface area contributed by atoms with Crippen molar-refractivity contribution in [3.05, 3.63) is 40.9 Å². The second-order valence-electron chi connectivity index (χ2n) is 4.47. The van der Waals surface area contributed by atoms with Gasteiger partial charge >= 0.3 is 0 Å². The number of nitrogens with two attached hydrogens (primary N) is 2. The Bertz CT molecular complexity index is 673. The fourth-order valence-electron chi connectivity index (χ4n) is 1.84. The van der Waals surface area contributed by atoms with Crippen molar-refractivity contribution in [2.45, 2.75) is 12.5 Å². The van der Waals surface area contributed by atoms with Crippen LogP contribution in [0.4, 0.5) is 5.69 Å². The predicted octanol–water partition coefficient (Wildman–Crippen LogP) is 1.74. The van der Waals surface area contributed by atoms with Gasteiger partial charge < -0.3 is 16.8 Å². The van der Waals surface area contributed by atoms with Crippen LogP contribution in [0.25, 0.3) is 10.8 Å². The maximum absolute atomic E-state index is 11.8. The highest BCUT2D eigenvalue weighted by atomic mass is 79.9. The molecule has 0 radical (unpaired) electrons. The molecule has 2 amide bonds. The number of benzene rings is 2. The fraction of sp³-hybridized carbons (Fsp3) is 0.143. The Hall–Kier alpha value is -1.92. The lowest BCUT2D eigenvalue weighted by Gasteiger charge is -2.11. The van der Waals surface area contributed by atoms with Crippen LogP contribution in [-0.4, -0.2) is 17.9 Å². The van der Waals surface area contributed by atoms with E-state index in [1.54, 1.807) is 6.07 Å². The third-order valence-corrected chi connectivity index (χ3v) is 3.32. The molecule has 2 rings (SSSR count). The Labute approximate surface area is 124 Å². The number of halogens is 1. The average Bonchev–Trinajstić information content (AvgIpc) is 2.38. The van der Waals surface area contributed by atoms with E-state index in [4.69, 9.17) is 11.5 Å². The number of rotatable bonds is 4. The van der Waals surface area contributed by atoms with Crippen molar-refractivity contribution in [2.24, 2.45) is 11.5 Å². The number of hydrogen-bond donors (Lipinski definition) is 3. The smallest absolute Gasteiger partial charge is 0.241 e. The zero-order valence-corrected chi connectivity index (χ0v) is 12.2. The van der Waals surface area contributed by atoms with Gasteiger partial charge in [-0.3, -0.25) is 9.59 Å². The van der Waals surface area contributed by atoms with Crippen LogP contribution < -0.4 is 16.8 Å². The maximum Gasteiger partial charge on any atom is 0.241 e. The van der Waals surface area contributed by atoms with Gasteiger partial charge in [0.15, 0.2) is 0 Å². The van der Waals surface area contributed by atoms with Crippen molar-refractivity contribution in [1.29, 1.82) is 0 Å². The van der Waals surface area contributed by atoms with Crippen LogP contribution in [0.5, 0.6) is 0 Å². The van der Waals surface area contributed by atoms with E-state index in [-0.39, 0.29) is 6.42 Å². The van der Waals surface area contributed by atoms with E-state index >= 15 is 0 Å². The van der Waals surface area contributed by atoms with Crippen LogP contribution in [0, 0.1) is 0 Å². The van der Waals surface area contributed by atoms with Crippen LogP contribution in [-0.2, 0) is 9.59 Å². The largest absolute Gasteiger partial charge is 0.370 e. The number of nitrogens with one attached hydrogen (secondary N) is 1. The van der Waals surface area contributed by atoms with Crippen LogP contribution in [0.1, 0.15) is 6.42 Å². The van der Waals surface area contributed by atoms with Gasteiger partial charge in [-0.05, 0) is 35.0 Å². The molecule has 1 atom stereocenters. The van der Waals surface area contributed by atoms with Crippen LogP contribution in [0.3, 0.4) is 0 Å². The first kappa shape index (κ1) is 14.5. The number of carbonyl (C=O) groups excluding carboxylic acids is 2. The molecule has 0 fully saturated rings. The number of carbonyl (C=O) groups is 2. The van der Waals surface area contributed by atoms with Gasteiger partial charge in [0.05, 0.1) is 12.5 Å². The number of primary amides is 1. The first-order valence-corrected chi connectivity index (χ1v) is 6.79. The van der Waals surface area contributed by atoms with Gasteiger partial charge in [-0.2, -0.15) is 0 Å². The molecule has 0 saturated heterocycles. The van der Waals surface area contributed by atoms with E-state index < -0.39 is 17.9 Å². The molecule has 0 spiro atoms.